The molecule has 2 atom stereocenters. The molecule has 1 aliphatic heterocycles. The lowest BCUT2D eigenvalue weighted by Crippen LogP contribution is -2.22. The van der Waals surface area contributed by atoms with Gasteiger partial charge in [-0.15, -0.1) is 0 Å². The lowest BCUT2D eigenvalue weighted by atomic mass is 10.0. The van der Waals surface area contributed by atoms with E-state index in [4.69, 9.17) is 0 Å². The van der Waals surface area contributed by atoms with Crippen molar-refractivity contribution in [3.05, 3.63) is 59.2 Å². The Hall–Kier alpha value is -3.60. The fraction of sp³-hybridized carbons (Fsp3) is 0.407. The number of nitrogens with one attached hydrogen (secondary N) is 1. The summed E-state index contributed by atoms with van der Waals surface area (Å²) < 4.78 is 3.80. The van der Waals surface area contributed by atoms with Gasteiger partial charge >= 0.3 is 0 Å². The van der Waals surface area contributed by atoms with Crippen molar-refractivity contribution in [3.8, 4) is 5.82 Å². The van der Waals surface area contributed by atoms with Gasteiger partial charge in [0.1, 0.15) is 0 Å². The van der Waals surface area contributed by atoms with Crippen LogP contribution in [0.15, 0.2) is 36.7 Å². The van der Waals surface area contributed by atoms with Gasteiger partial charge in [0, 0.05) is 84.5 Å². The first kappa shape index (κ1) is 23.8. The minimum absolute atomic E-state index is 0.156. The molecule has 0 bridgehead atoms. The van der Waals surface area contributed by atoms with E-state index in [2.05, 4.69) is 25.0 Å². The van der Waals surface area contributed by atoms with Crippen LogP contribution in [0.5, 0.6) is 0 Å². The maximum absolute atomic E-state index is 13.0. The number of benzene rings is 1. The first-order valence-corrected chi connectivity index (χ1v) is 12.7. The van der Waals surface area contributed by atoms with Gasteiger partial charge in [-0.05, 0) is 44.9 Å². The minimum Gasteiger partial charge on any atom is -0.389 e. The number of aliphatic hydroxyl groups excluding tert-OH is 2. The SMILES string of the molecule is Cc1nn(-c2ccnc(Nc3ccc4c(c3)c(C(=O)C3CC3)c(C)n4C)n2)cc1CN1C[C@@H](O)[C@@H](O)C1. The molecule has 4 aromatic rings. The number of ketones is 1. The molecule has 4 heterocycles. The van der Waals surface area contributed by atoms with E-state index in [1.54, 1.807) is 16.9 Å². The van der Waals surface area contributed by atoms with Gasteiger partial charge in [-0.25, -0.2) is 9.67 Å². The Morgan fingerprint density at radius 1 is 1.14 bits per heavy atom. The normalized spacial score (nSPS) is 20.1. The van der Waals surface area contributed by atoms with E-state index in [0.29, 0.717) is 31.4 Å². The van der Waals surface area contributed by atoms with Gasteiger partial charge in [-0.3, -0.25) is 9.69 Å². The van der Waals surface area contributed by atoms with Gasteiger partial charge in [-0.1, -0.05) is 0 Å². The smallest absolute Gasteiger partial charge is 0.229 e. The van der Waals surface area contributed by atoms with Gasteiger partial charge in [0.25, 0.3) is 0 Å². The summed E-state index contributed by atoms with van der Waals surface area (Å²) in [5.74, 6) is 1.44. The van der Waals surface area contributed by atoms with E-state index in [0.717, 1.165) is 51.9 Å². The molecule has 1 aromatic carbocycles. The van der Waals surface area contributed by atoms with Gasteiger partial charge in [0.2, 0.25) is 5.95 Å². The number of β-amino-alcohol motifs (C(OH)–C–C–N with tert-alkyl or cyclic N) is 2. The van der Waals surface area contributed by atoms with Gasteiger partial charge in [-0.2, -0.15) is 10.1 Å². The van der Waals surface area contributed by atoms with Crippen LogP contribution in [0.1, 0.15) is 40.2 Å². The van der Waals surface area contributed by atoms with Crippen LogP contribution in [0.2, 0.25) is 0 Å². The number of nitrogens with zero attached hydrogens (tertiary/aromatic N) is 6. The molecular weight excluding hydrogens is 470 g/mol. The van der Waals surface area contributed by atoms with Crippen LogP contribution in [0, 0.1) is 19.8 Å². The van der Waals surface area contributed by atoms with E-state index < -0.39 is 12.2 Å². The number of aryl methyl sites for hydroxylation is 2. The molecule has 37 heavy (non-hydrogen) atoms. The van der Waals surface area contributed by atoms with Crippen LogP contribution in [-0.2, 0) is 13.6 Å². The summed E-state index contributed by atoms with van der Waals surface area (Å²) in [5, 5.41) is 28.5. The van der Waals surface area contributed by atoms with E-state index in [-0.39, 0.29) is 11.7 Å². The largest absolute Gasteiger partial charge is 0.389 e. The summed E-state index contributed by atoms with van der Waals surface area (Å²) in [6.07, 6.45) is 4.13. The first-order chi connectivity index (χ1) is 17.8. The van der Waals surface area contributed by atoms with E-state index in [9.17, 15) is 15.0 Å². The van der Waals surface area contributed by atoms with Crippen molar-refractivity contribution in [2.75, 3.05) is 18.4 Å². The predicted octanol–water partition coefficient (Wildman–Crippen LogP) is 2.64. The molecule has 10 nitrogen and oxygen atoms in total. The molecule has 192 valence electrons. The summed E-state index contributed by atoms with van der Waals surface area (Å²) in [7, 11) is 2.00. The van der Waals surface area contributed by atoms with Crippen LogP contribution >= 0.6 is 0 Å². The number of rotatable bonds is 7. The quantitative estimate of drug-likeness (QED) is 0.331. The maximum atomic E-state index is 13.0. The van der Waals surface area contributed by atoms with Crippen molar-refractivity contribution in [3.63, 3.8) is 0 Å². The molecular formula is C27H31N7O3. The van der Waals surface area contributed by atoms with E-state index in [1.807, 2.05) is 50.2 Å². The average Bonchev–Trinajstić information content (AvgIpc) is 3.54. The predicted molar refractivity (Wildman–Crippen MR) is 139 cm³/mol. The number of hydrogen-bond donors (Lipinski definition) is 3. The van der Waals surface area contributed by atoms with Crippen LogP contribution in [0.3, 0.4) is 0 Å². The summed E-state index contributed by atoms with van der Waals surface area (Å²) >= 11 is 0. The van der Waals surface area contributed by atoms with Crippen LogP contribution in [-0.4, -0.2) is 70.5 Å². The molecule has 6 rings (SSSR count). The fourth-order valence-corrected chi connectivity index (χ4v) is 5.16. The number of hydrogen-bond acceptors (Lipinski definition) is 8. The molecule has 0 unspecified atom stereocenters. The summed E-state index contributed by atoms with van der Waals surface area (Å²) in [6, 6.07) is 7.79. The van der Waals surface area contributed by atoms with Crippen molar-refractivity contribution < 1.29 is 15.0 Å². The highest BCUT2D eigenvalue weighted by Crippen LogP contribution is 2.37. The molecule has 2 aliphatic rings. The second-order valence-electron chi connectivity index (χ2n) is 10.3. The molecule has 0 radical (unpaired) electrons. The fourth-order valence-electron chi connectivity index (χ4n) is 5.16. The summed E-state index contributed by atoms with van der Waals surface area (Å²) in [4.78, 5) is 24.1. The van der Waals surface area contributed by atoms with Gasteiger partial charge in [0.05, 0.1) is 17.9 Å². The second kappa shape index (κ2) is 9.05. The molecule has 3 aromatic heterocycles. The molecule has 2 fully saturated rings. The van der Waals surface area contributed by atoms with Crippen molar-refractivity contribution in [1.82, 2.24) is 29.2 Å². The third kappa shape index (κ3) is 4.41. The highest BCUT2D eigenvalue weighted by molar-refractivity contribution is 6.11. The third-order valence-corrected chi connectivity index (χ3v) is 7.55. The number of anilines is 2. The zero-order chi connectivity index (χ0) is 25.8. The molecule has 0 spiro atoms. The Morgan fingerprint density at radius 2 is 1.89 bits per heavy atom. The van der Waals surface area contributed by atoms with Gasteiger partial charge < -0.3 is 20.1 Å². The van der Waals surface area contributed by atoms with Crippen molar-refractivity contribution >= 4 is 28.3 Å². The minimum atomic E-state index is -0.715. The van der Waals surface area contributed by atoms with E-state index in [1.165, 1.54) is 0 Å². The number of carbonyl (C=O) groups excluding carboxylic acids is 1. The Labute approximate surface area is 214 Å². The van der Waals surface area contributed by atoms with Crippen molar-refractivity contribution in [1.29, 1.82) is 0 Å². The molecule has 3 N–H and O–H groups in total. The second-order valence-corrected chi connectivity index (χ2v) is 10.3. The standard InChI is InChI=1S/C27H31N7O3/c1-15-18(11-33-13-22(35)23(36)14-33)12-34(31-15)24-8-9-28-27(30-24)29-19-6-7-21-20(10-19)25(16(2)32(21)3)26(37)17-4-5-17/h6-10,12,17,22-23,35-36H,4-5,11,13-14H2,1-3H3,(H,28,29,30)/t22-,23+. The molecule has 1 saturated heterocycles. The highest BCUT2D eigenvalue weighted by atomic mass is 16.3. The molecule has 1 aliphatic carbocycles. The third-order valence-electron chi connectivity index (χ3n) is 7.55. The number of aromatic nitrogens is 5. The zero-order valence-corrected chi connectivity index (χ0v) is 21.2. The topological polar surface area (TPSA) is 121 Å². The molecule has 0 amide bonds. The molecule has 1 saturated carbocycles. The van der Waals surface area contributed by atoms with Gasteiger partial charge in [0.15, 0.2) is 11.6 Å². The van der Waals surface area contributed by atoms with Crippen LogP contribution < -0.4 is 5.32 Å². The maximum Gasteiger partial charge on any atom is 0.229 e. The number of aliphatic hydroxyl groups is 2. The number of carbonyl (C=O) groups is 1. The Kier molecular flexibility index (Phi) is 5.82. The van der Waals surface area contributed by atoms with Crippen molar-refractivity contribution in [2.24, 2.45) is 13.0 Å². The van der Waals surface area contributed by atoms with Crippen LogP contribution in [0.4, 0.5) is 11.6 Å². The Balaban J connectivity index is 1.25. The molecule has 10 heteroatoms. The first-order valence-electron chi connectivity index (χ1n) is 12.7. The average molecular weight is 502 g/mol. The number of likely N-dealkylation sites (tertiary alicyclic amines) is 1. The Morgan fingerprint density at radius 3 is 2.62 bits per heavy atom. The Bertz CT molecular complexity index is 1490. The van der Waals surface area contributed by atoms with E-state index >= 15 is 0 Å². The number of Topliss-reactive ketones (excluding diaryl/α,β-unsaturated/α-hetero) is 1. The van der Waals surface area contributed by atoms with Crippen LogP contribution in [0.25, 0.3) is 16.7 Å². The van der Waals surface area contributed by atoms with Crippen molar-refractivity contribution in [2.45, 2.75) is 45.4 Å². The zero-order valence-electron chi connectivity index (χ0n) is 21.2. The lowest BCUT2D eigenvalue weighted by Gasteiger charge is -2.13. The number of fused-ring (bicyclic) bond motifs is 1. The summed E-state index contributed by atoms with van der Waals surface area (Å²) in [5.41, 5.74) is 5.51. The lowest BCUT2D eigenvalue weighted by molar-refractivity contribution is 0.0572. The highest BCUT2D eigenvalue weighted by Gasteiger charge is 2.33. The summed E-state index contributed by atoms with van der Waals surface area (Å²) in [6.45, 7) is 5.41. The monoisotopic (exact) mass is 501 g/mol.